The predicted molar refractivity (Wildman–Crippen MR) is 139 cm³/mol. The van der Waals surface area contributed by atoms with Crippen molar-refractivity contribution in [2.75, 3.05) is 0 Å². The molecule has 0 amide bonds. The lowest BCUT2D eigenvalue weighted by Crippen LogP contribution is -1.95. The number of azo groups is 1. The van der Waals surface area contributed by atoms with Gasteiger partial charge in [-0.1, -0.05) is 30.3 Å². The highest BCUT2D eigenvalue weighted by atomic mass is 19.1. The van der Waals surface area contributed by atoms with Gasteiger partial charge in [-0.15, -0.1) is 10.2 Å². The van der Waals surface area contributed by atoms with Crippen LogP contribution in [0.4, 0.5) is 15.8 Å². The molecule has 0 aliphatic heterocycles. The summed E-state index contributed by atoms with van der Waals surface area (Å²) in [5.74, 6) is -2.01. The summed E-state index contributed by atoms with van der Waals surface area (Å²) >= 11 is 0. The van der Waals surface area contributed by atoms with Crippen LogP contribution in [0.3, 0.4) is 0 Å². The highest BCUT2D eigenvalue weighted by Crippen LogP contribution is 2.43. The van der Waals surface area contributed by atoms with Gasteiger partial charge >= 0.3 is 5.97 Å². The SMILES string of the molecule is Cc1ccc(-n2c(O)c(N=Nc3cccc(-c4cccc(C(=O)O)c4)c3O)c3cc(F)ccc32)cc1C. The van der Waals surface area contributed by atoms with Crippen molar-refractivity contribution < 1.29 is 24.5 Å². The van der Waals surface area contributed by atoms with Crippen LogP contribution in [0, 0.1) is 19.7 Å². The van der Waals surface area contributed by atoms with Gasteiger partial charge in [0.05, 0.1) is 11.1 Å². The molecule has 1 heterocycles. The minimum atomic E-state index is -1.08. The highest BCUT2D eigenvalue weighted by Gasteiger charge is 2.19. The third-order valence-corrected chi connectivity index (χ3v) is 6.32. The van der Waals surface area contributed by atoms with E-state index in [0.29, 0.717) is 27.7 Å². The molecule has 0 saturated carbocycles. The quantitative estimate of drug-likeness (QED) is 0.218. The number of halogens is 1. The molecular weight excluding hydrogens is 473 g/mol. The summed E-state index contributed by atoms with van der Waals surface area (Å²) < 4.78 is 15.8. The number of hydrogen-bond acceptors (Lipinski definition) is 5. The number of aryl methyl sites for hydroxylation is 2. The summed E-state index contributed by atoms with van der Waals surface area (Å²) in [7, 11) is 0. The number of carboxylic acids is 1. The number of carbonyl (C=O) groups is 1. The number of phenols is 1. The third-order valence-electron chi connectivity index (χ3n) is 6.32. The normalized spacial score (nSPS) is 11.4. The average Bonchev–Trinajstić information content (AvgIpc) is 3.15. The third kappa shape index (κ3) is 4.29. The molecule has 0 bridgehead atoms. The fraction of sp³-hybridized carbons (Fsp3) is 0.0690. The van der Waals surface area contributed by atoms with Crippen molar-refractivity contribution in [3.05, 3.63) is 101 Å². The standard InChI is InChI=1S/C29H22FN3O4/c1-16-9-11-21(13-17(16)2)33-25-12-10-20(30)15-23(25)26(28(33)35)32-31-24-8-4-7-22(27(24)34)18-5-3-6-19(14-18)29(36)37/h3-15,34-35H,1-2H3,(H,36,37). The number of para-hydroxylation sites is 1. The molecule has 184 valence electrons. The lowest BCUT2D eigenvalue weighted by molar-refractivity contribution is 0.0697. The van der Waals surface area contributed by atoms with E-state index in [1.54, 1.807) is 34.9 Å². The van der Waals surface area contributed by atoms with E-state index in [4.69, 9.17) is 0 Å². The summed E-state index contributed by atoms with van der Waals surface area (Å²) in [6.45, 7) is 3.95. The van der Waals surface area contributed by atoms with Crippen molar-refractivity contribution in [1.82, 2.24) is 4.57 Å². The van der Waals surface area contributed by atoms with Gasteiger partial charge in [0.2, 0.25) is 5.88 Å². The second-order valence-electron chi connectivity index (χ2n) is 8.70. The van der Waals surface area contributed by atoms with Crippen molar-refractivity contribution >= 4 is 28.2 Å². The van der Waals surface area contributed by atoms with Gasteiger partial charge in [-0.2, -0.15) is 0 Å². The number of nitrogens with zero attached hydrogens (tertiary/aromatic N) is 3. The molecule has 0 unspecified atom stereocenters. The van der Waals surface area contributed by atoms with Gasteiger partial charge in [0.15, 0.2) is 11.4 Å². The number of aromatic hydroxyl groups is 2. The number of aromatic nitrogens is 1. The molecule has 8 heteroatoms. The molecule has 0 aliphatic carbocycles. The molecule has 3 N–H and O–H groups in total. The molecule has 0 atom stereocenters. The summed E-state index contributed by atoms with van der Waals surface area (Å²) in [5, 5.41) is 40.0. The fourth-order valence-electron chi connectivity index (χ4n) is 4.23. The molecule has 0 saturated heterocycles. The van der Waals surface area contributed by atoms with Crippen LogP contribution in [-0.2, 0) is 0 Å². The molecule has 4 aromatic carbocycles. The monoisotopic (exact) mass is 495 g/mol. The van der Waals surface area contributed by atoms with Gasteiger partial charge in [0, 0.05) is 16.6 Å². The first-order chi connectivity index (χ1) is 17.7. The number of carboxylic acid groups (broad SMARTS) is 1. The molecular formula is C29H22FN3O4. The van der Waals surface area contributed by atoms with Crippen molar-refractivity contribution in [2.24, 2.45) is 10.2 Å². The minimum absolute atomic E-state index is 0.0467. The minimum Gasteiger partial charge on any atom is -0.505 e. The Kier molecular flexibility index (Phi) is 5.93. The second-order valence-corrected chi connectivity index (χ2v) is 8.70. The van der Waals surface area contributed by atoms with Crippen LogP contribution in [0.25, 0.3) is 27.7 Å². The van der Waals surface area contributed by atoms with Crippen LogP contribution in [0.2, 0.25) is 0 Å². The van der Waals surface area contributed by atoms with E-state index < -0.39 is 11.8 Å². The predicted octanol–water partition coefficient (Wildman–Crippen LogP) is 7.58. The van der Waals surface area contributed by atoms with Crippen LogP contribution in [0.5, 0.6) is 11.6 Å². The zero-order chi connectivity index (χ0) is 26.3. The Balaban J connectivity index is 1.62. The number of fused-ring (bicyclic) bond motifs is 1. The summed E-state index contributed by atoms with van der Waals surface area (Å²) in [6, 6.07) is 20.8. The van der Waals surface area contributed by atoms with Gasteiger partial charge < -0.3 is 15.3 Å². The highest BCUT2D eigenvalue weighted by molar-refractivity contribution is 5.96. The van der Waals surface area contributed by atoms with E-state index >= 15 is 0 Å². The largest absolute Gasteiger partial charge is 0.505 e. The van der Waals surface area contributed by atoms with Gasteiger partial charge in [-0.05, 0) is 79.1 Å². The Morgan fingerprint density at radius 3 is 2.41 bits per heavy atom. The molecule has 0 aliphatic rings. The number of phenolic OH excluding ortho intramolecular Hbond substituents is 1. The number of rotatable bonds is 5. The van der Waals surface area contributed by atoms with Gasteiger partial charge in [0.1, 0.15) is 11.5 Å². The first kappa shape index (κ1) is 23.7. The number of hydrogen-bond donors (Lipinski definition) is 3. The van der Waals surface area contributed by atoms with E-state index in [-0.39, 0.29) is 28.6 Å². The number of aromatic carboxylic acids is 1. The summed E-state index contributed by atoms with van der Waals surface area (Å²) in [4.78, 5) is 11.3. The first-order valence-corrected chi connectivity index (χ1v) is 11.4. The van der Waals surface area contributed by atoms with Crippen LogP contribution in [-0.4, -0.2) is 25.9 Å². The fourth-order valence-corrected chi connectivity index (χ4v) is 4.23. The van der Waals surface area contributed by atoms with Crippen molar-refractivity contribution in [1.29, 1.82) is 0 Å². The topological polar surface area (TPSA) is 107 Å². The molecule has 0 fully saturated rings. The molecule has 37 heavy (non-hydrogen) atoms. The van der Waals surface area contributed by atoms with Gasteiger partial charge in [-0.3, -0.25) is 4.57 Å². The molecule has 1 aromatic heterocycles. The number of benzene rings is 4. The van der Waals surface area contributed by atoms with Crippen molar-refractivity contribution in [3.63, 3.8) is 0 Å². The van der Waals surface area contributed by atoms with Crippen LogP contribution < -0.4 is 0 Å². The van der Waals surface area contributed by atoms with Gasteiger partial charge in [-0.25, -0.2) is 9.18 Å². The smallest absolute Gasteiger partial charge is 0.335 e. The Bertz CT molecular complexity index is 1720. The van der Waals surface area contributed by atoms with E-state index in [1.807, 2.05) is 32.0 Å². The summed E-state index contributed by atoms with van der Waals surface area (Å²) in [6.07, 6.45) is 0. The lowest BCUT2D eigenvalue weighted by Gasteiger charge is -2.09. The lowest BCUT2D eigenvalue weighted by atomic mass is 10.0. The second kappa shape index (κ2) is 9.23. The molecule has 0 radical (unpaired) electrons. The zero-order valence-corrected chi connectivity index (χ0v) is 20.0. The van der Waals surface area contributed by atoms with Gasteiger partial charge in [0.25, 0.3) is 0 Å². The van der Waals surface area contributed by atoms with Crippen LogP contribution in [0.1, 0.15) is 21.5 Å². The molecule has 5 aromatic rings. The Labute approximate surface area is 211 Å². The average molecular weight is 496 g/mol. The molecule has 5 rings (SSSR count). The van der Waals surface area contributed by atoms with E-state index in [0.717, 1.165) is 11.1 Å². The zero-order valence-electron chi connectivity index (χ0n) is 20.0. The van der Waals surface area contributed by atoms with E-state index in [1.165, 1.54) is 30.3 Å². The maximum Gasteiger partial charge on any atom is 0.335 e. The summed E-state index contributed by atoms with van der Waals surface area (Å²) in [5.41, 5.74) is 4.42. The maximum atomic E-state index is 14.2. The van der Waals surface area contributed by atoms with Crippen LogP contribution in [0.15, 0.2) is 89.1 Å². The Morgan fingerprint density at radius 2 is 1.65 bits per heavy atom. The van der Waals surface area contributed by atoms with E-state index in [9.17, 15) is 24.5 Å². The first-order valence-electron chi connectivity index (χ1n) is 11.4. The van der Waals surface area contributed by atoms with Crippen LogP contribution >= 0.6 is 0 Å². The van der Waals surface area contributed by atoms with E-state index in [2.05, 4.69) is 10.2 Å². The Morgan fingerprint density at radius 1 is 0.865 bits per heavy atom. The molecule has 0 spiro atoms. The molecule has 7 nitrogen and oxygen atoms in total. The van der Waals surface area contributed by atoms with Crippen molar-refractivity contribution in [3.8, 4) is 28.4 Å². The Hall–Kier alpha value is -4.98. The van der Waals surface area contributed by atoms with Crippen molar-refractivity contribution in [2.45, 2.75) is 13.8 Å². The maximum absolute atomic E-state index is 14.2.